The van der Waals surface area contributed by atoms with E-state index in [1.807, 2.05) is 17.7 Å². The van der Waals surface area contributed by atoms with Crippen LogP contribution in [-0.4, -0.2) is 11.4 Å². The number of thioether (sulfide) groups is 1. The van der Waals surface area contributed by atoms with Crippen LogP contribution in [0.25, 0.3) is 10.1 Å². The van der Waals surface area contributed by atoms with Crippen molar-refractivity contribution in [3.8, 4) is 5.75 Å². The molecule has 1 heterocycles. The summed E-state index contributed by atoms with van der Waals surface area (Å²) in [6.45, 7) is 2.08. The second kappa shape index (κ2) is 3.24. The zero-order valence-corrected chi connectivity index (χ0v) is 9.13. The quantitative estimate of drug-likeness (QED) is 0.725. The van der Waals surface area contributed by atoms with E-state index in [-0.39, 0.29) is 0 Å². The van der Waals surface area contributed by atoms with Gasteiger partial charge < -0.3 is 5.11 Å². The van der Waals surface area contributed by atoms with Crippen molar-refractivity contribution >= 4 is 33.2 Å². The third-order valence-electron chi connectivity index (χ3n) is 2.11. The van der Waals surface area contributed by atoms with Crippen LogP contribution in [-0.2, 0) is 0 Å². The maximum Gasteiger partial charge on any atom is 0.146 e. The maximum atomic E-state index is 9.85. The first-order valence-electron chi connectivity index (χ1n) is 3.98. The van der Waals surface area contributed by atoms with Gasteiger partial charge in [-0.25, -0.2) is 0 Å². The first-order valence-corrected chi connectivity index (χ1v) is 6.08. The smallest absolute Gasteiger partial charge is 0.146 e. The summed E-state index contributed by atoms with van der Waals surface area (Å²) in [5, 5.41) is 13.0. The number of hydrogen-bond acceptors (Lipinski definition) is 3. The summed E-state index contributed by atoms with van der Waals surface area (Å²) in [4.78, 5) is 0.965. The summed E-state index contributed by atoms with van der Waals surface area (Å²) >= 11 is 3.18. The van der Waals surface area contributed by atoms with Crippen LogP contribution in [0.4, 0.5) is 0 Å². The van der Waals surface area contributed by atoms with E-state index in [0.29, 0.717) is 5.75 Å². The molecule has 0 bridgehead atoms. The molecule has 0 aliphatic rings. The molecule has 68 valence electrons. The number of aryl methyl sites for hydroxylation is 1. The Balaban J connectivity index is 2.85. The summed E-state index contributed by atoms with van der Waals surface area (Å²) in [5.74, 6) is 0.433. The van der Waals surface area contributed by atoms with Gasteiger partial charge in [0.25, 0.3) is 0 Å². The minimum absolute atomic E-state index is 0.433. The van der Waals surface area contributed by atoms with Crippen molar-refractivity contribution in [3.05, 3.63) is 23.1 Å². The molecule has 3 heteroatoms. The highest BCUT2D eigenvalue weighted by molar-refractivity contribution is 7.98. The molecular formula is C10H10OS2. The van der Waals surface area contributed by atoms with Crippen LogP contribution in [0, 0.1) is 6.92 Å². The second-order valence-electron chi connectivity index (χ2n) is 2.91. The van der Waals surface area contributed by atoms with Crippen molar-refractivity contribution in [2.45, 2.75) is 11.8 Å². The van der Waals surface area contributed by atoms with Gasteiger partial charge >= 0.3 is 0 Å². The van der Waals surface area contributed by atoms with E-state index in [2.05, 4.69) is 13.0 Å². The summed E-state index contributed by atoms with van der Waals surface area (Å²) in [7, 11) is 0. The number of phenols is 1. The number of hydrogen-bond donors (Lipinski definition) is 1. The molecule has 0 spiro atoms. The highest BCUT2D eigenvalue weighted by Gasteiger charge is 2.08. The molecule has 1 aromatic heterocycles. The minimum Gasteiger partial charge on any atom is -0.505 e. The van der Waals surface area contributed by atoms with Crippen molar-refractivity contribution in [2.24, 2.45) is 0 Å². The minimum atomic E-state index is 0.433. The van der Waals surface area contributed by atoms with E-state index in [1.165, 1.54) is 10.9 Å². The van der Waals surface area contributed by atoms with Crippen LogP contribution in [0.15, 0.2) is 22.4 Å². The topological polar surface area (TPSA) is 20.2 Å². The lowest BCUT2D eigenvalue weighted by Gasteiger charge is -2.04. The van der Waals surface area contributed by atoms with Gasteiger partial charge in [0, 0.05) is 0 Å². The number of phenolic OH excluding ortho intramolecular Hbond substituents is 1. The molecule has 13 heavy (non-hydrogen) atoms. The van der Waals surface area contributed by atoms with Crippen molar-refractivity contribution in [1.29, 1.82) is 0 Å². The van der Waals surface area contributed by atoms with E-state index in [1.54, 1.807) is 23.1 Å². The number of thiophene rings is 1. The summed E-state index contributed by atoms with van der Waals surface area (Å²) in [5.41, 5.74) is 1.23. The zero-order valence-electron chi connectivity index (χ0n) is 7.50. The van der Waals surface area contributed by atoms with Gasteiger partial charge in [-0.15, -0.1) is 23.1 Å². The molecule has 1 aromatic carbocycles. The maximum absolute atomic E-state index is 9.85. The van der Waals surface area contributed by atoms with Gasteiger partial charge in [-0.1, -0.05) is 0 Å². The van der Waals surface area contributed by atoms with Crippen molar-refractivity contribution in [2.75, 3.05) is 6.26 Å². The average molecular weight is 210 g/mol. The largest absolute Gasteiger partial charge is 0.505 e. The van der Waals surface area contributed by atoms with E-state index in [9.17, 15) is 5.11 Å². The Morgan fingerprint density at radius 1 is 1.46 bits per heavy atom. The number of benzene rings is 1. The highest BCUT2D eigenvalue weighted by Crippen LogP contribution is 2.39. The predicted octanol–water partition coefficient (Wildman–Crippen LogP) is 3.64. The van der Waals surface area contributed by atoms with Crippen molar-refractivity contribution in [1.82, 2.24) is 0 Å². The molecule has 0 saturated heterocycles. The van der Waals surface area contributed by atoms with Crippen LogP contribution in [0.2, 0.25) is 0 Å². The molecule has 2 aromatic rings. The lowest BCUT2D eigenvalue weighted by Crippen LogP contribution is -1.78. The summed E-state index contributed by atoms with van der Waals surface area (Å²) < 4.78 is 1.00. The van der Waals surface area contributed by atoms with Gasteiger partial charge in [-0.05, 0) is 41.6 Å². The van der Waals surface area contributed by atoms with Gasteiger partial charge in [0.15, 0.2) is 0 Å². The predicted molar refractivity (Wildman–Crippen MR) is 60.0 cm³/mol. The molecule has 1 N–H and O–H groups in total. The van der Waals surface area contributed by atoms with E-state index in [0.717, 1.165) is 9.60 Å². The van der Waals surface area contributed by atoms with E-state index >= 15 is 0 Å². The van der Waals surface area contributed by atoms with Gasteiger partial charge in [0.2, 0.25) is 0 Å². The number of rotatable bonds is 1. The van der Waals surface area contributed by atoms with E-state index < -0.39 is 0 Å². The third-order valence-corrected chi connectivity index (χ3v) is 3.78. The Bertz CT molecular complexity index is 445. The number of fused-ring (bicyclic) bond motifs is 1. The van der Waals surface area contributed by atoms with Gasteiger partial charge in [0.05, 0.1) is 9.60 Å². The van der Waals surface area contributed by atoms with Crippen molar-refractivity contribution < 1.29 is 5.11 Å². The Labute approximate surface area is 85.4 Å². The summed E-state index contributed by atoms with van der Waals surface area (Å²) in [6.07, 6.45) is 1.98. The Morgan fingerprint density at radius 2 is 2.23 bits per heavy atom. The van der Waals surface area contributed by atoms with Crippen molar-refractivity contribution in [3.63, 3.8) is 0 Å². The molecule has 2 rings (SSSR count). The highest BCUT2D eigenvalue weighted by atomic mass is 32.2. The average Bonchev–Trinajstić information content (AvgIpc) is 2.60. The molecular weight excluding hydrogens is 200 g/mol. The van der Waals surface area contributed by atoms with Crippen LogP contribution in [0.1, 0.15) is 5.56 Å². The normalized spacial score (nSPS) is 10.9. The van der Waals surface area contributed by atoms with Crippen LogP contribution in [0.5, 0.6) is 5.75 Å². The first-order chi connectivity index (χ1) is 6.24. The van der Waals surface area contributed by atoms with E-state index in [4.69, 9.17) is 0 Å². The fourth-order valence-electron chi connectivity index (χ4n) is 1.41. The molecule has 0 aliphatic carbocycles. The SMILES string of the molecule is CSc1cc(C)c2ccsc2c1O. The third kappa shape index (κ3) is 1.32. The van der Waals surface area contributed by atoms with Crippen LogP contribution < -0.4 is 0 Å². The van der Waals surface area contributed by atoms with Gasteiger partial charge in [-0.2, -0.15) is 0 Å². The summed E-state index contributed by atoms with van der Waals surface area (Å²) in [6, 6.07) is 4.09. The molecule has 0 aliphatic heterocycles. The van der Waals surface area contributed by atoms with Gasteiger partial charge in [0.1, 0.15) is 5.75 Å². The molecule has 0 saturated carbocycles. The molecule has 0 fully saturated rings. The Morgan fingerprint density at radius 3 is 2.92 bits per heavy atom. The fraction of sp³-hybridized carbons (Fsp3) is 0.200. The first kappa shape index (κ1) is 8.91. The Kier molecular flexibility index (Phi) is 2.22. The molecule has 0 amide bonds. The standard InChI is InChI=1S/C10H10OS2/c1-6-5-8(12-2)9(11)10-7(6)3-4-13-10/h3-5,11H,1-2H3. The van der Waals surface area contributed by atoms with Crippen LogP contribution >= 0.6 is 23.1 Å². The molecule has 0 radical (unpaired) electrons. The fourth-order valence-corrected chi connectivity index (χ4v) is 2.99. The van der Waals surface area contributed by atoms with Gasteiger partial charge in [-0.3, -0.25) is 0 Å². The molecule has 0 atom stereocenters. The Hall–Kier alpha value is -0.670. The lowest BCUT2D eigenvalue weighted by molar-refractivity contribution is 0.470. The second-order valence-corrected chi connectivity index (χ2v) is 4.67. The molecule has 1 nitrogen and oxygen atoms in total. The zero-order chi connectivity index (χ0) is 9.42. The molecule has 0 unspecified atom stereocenters. The van der Waals surface area contributed by atoms with Crippen LogP contribution in [0.3, 0.4) is 0 Å². The number of aromatic hydroxyl groups is 1. The lowest BCUT2D eigenvalue weighted by atomic mass is 10.1. The monoisotopic (exact) mass is 210 g/mol.